The van der Waals surface area contributed by atoms with E-state index in [4.69, 9.17) is 4.42 Å². The van der Waals surface area contributed by atoms with Crippen LogP contribution in [-0.2, 0) is 12.3 Å². The highest BCUT2D eigenvalue weighted by Gasteiger charge is 2.08. The van der Waals surface area contributed by atoms with Crippen molar-refractivity contribution in [1.29, 1.82) is 5.26 Å². The Labute approximate surface area is 161 Å². The molecule has 0 saturated carbocycles. The van der Waals surface area contributed by atoms with Crippen molar-refractivity contribution in [2.24, 2.45) is 0 Å². The summed E-state index contributed by atoms with van der Waals surface area (Å²) in [5.41, 5.74) is 3.87. The Hall–Kier alpha value is -3.30. The van der Waals surface area contributed by atoms with E-state index in [0.717, 1.165) is 27.8 Å². The monoisotopic (exact) mass is 372 g/mol. The lowest BCUT2D eigenvalue weighted by molar-refractivity contribution is 0.484. The van der Waals surface area contributed by atoms with E-state index in [1.807, 2.05) is 41.0 Å². The largest absolute Gasteiger partial charge is 0.467 e. The van der Waals surface area contributed by atoms with Gasteiger partial charge in [-0.25, -0.2) is 0 Å². The van der Waals surface area contributed by atoms with Crippen LogP contribution < -0.4 is 0 Å². The molecule has 0 aliphatic carbocycles. The number of thioether (sulfide) groups is 1. The van der Waals surface area contributed by atoms with E-state index in [1.54, 1.807) is 24.4 Å². The van der Waals surface area contributed by atoms with Gasteiger partial charge in [0.25, 0.3) is 0 Å². The molecule has 0 N–H and O–H groups in total. The standard InChI is InChI=1S/C21H16N4OS/c22-12-18-4-1-2-6-20(18)17-9-7-16(8-10-17)14-27-21-24-23-15-25(21)13-19-5-3-11-26-19/h1-11,15H,13-14H2. The predicted octanol–water partition coefficient (Wildman–Crippen LogP) is 4.75. The fourth-order valence-electron chi connectivity index (χ4n) is 2.80. The molecule has 0 amide bonds. The van der Waals surface area contributed by atoms with Gasteiger partial charge in [-0.05, 0) is 34.9 Å². The molecule has 0 fully saturated rings. The summed E-state index contributed by atoms with van der Waals surface area (Å²) in [6.45, 7) is 0.617. The molecule has 0 unspecified atom stereocenters. The Balaban J connectivity index is 1.44. The third-order valence-electron chi connectivity index (χ3n) is 4.17. The van der Waals surface area contributed by atoms with E-state index in [9.17, 15) is 5.26 Å². The highest BCUT2D eigenvalue weighted by Crippen LogP contribution is 2.26. The van der Waals surface area contributed by atoms with Gasteiger partial charge in [-0.1, -0.05) is 54.2 Å². The van der Waals surface area contributed by atoms with E-state index in [2.05, 4.69) is 40.5 Å². The fourth-order valence-corrected chi connectivity index (χ4v) is 3.67. The number of rotatable bonds is 6. The first kappa shape index (κ1) is 17.1. The van der Waals surface area contributed by atoms with Gasteiger partial charge in [-0.3, -0.25) is 0 Å². The predicted molar refractivity (Wildman–Crippen MR) is 104 cm³/mol. The summed E-state index contributed by atoms with van der Waals surface area (Å²) in [6, 6.07) is 22.0. The number of furan rings is 1. The summed E-state index contributed by atoms with van der Waals surface area (Å²) in [7, 11) is 0. The first-order chi connectivity index (χ1) is 13.3. The van der Waals surface area contributed by atoms with Crippen LogP contribution in [0.1, 0.15) is 16.9 Å². The molecule has 0 aliphatic rings. The zero-order valence-corrected chi connectivity index (χ0v) is 15.3. The van der Waals surface area contributed by atoms with Crippen LogP contribution in [0.5, 0.6) is 0 Å². The van der Waals surface area contributed by atoms with E-state index < -0.39 is 0 Å². The van der Waals surface area contributed by atoms with Crippen molar-refractivity contribution >= 4 is 11.8 Å². The number of nitrogens with zero attached hydrogens (tertiary/aromatic N) is 4. The lowest BCUT2D eigenvalue weighted by Gasteiger charge is -2.07. The van der Waals surface area contributed by atoms with Crippen LogP contribution in [0.25, 0.3) is 11.1 Å². The minimum Gasteiger partial charge on any atom is -0.467 e. The molecule has 4 rings (SSSR count). The Morgan fingerprint density at radius 1 is 1.04 bits per heavy atom. The van der Waals surface area contributed by atoms with Gasteiger partial charge in [0.05, 0.1) is 24.4 Å². The van der Waals surface area contributed by atoms with Crippen LogP contribution in [0, 0.1) is 11.3 Å². The molecule has 27 heavy (non-hydrogen) atoms. The second kappa shape index (κ2) is 7.94. The van der Waals surface area contributed by atoms with Crippen molar-refractivity contribution in [3.8, 4) is 17.2 Å². The third-order valence-corrected chi connectivity index (χ3v) is 5.22. The fraction of sp³-hybridized carbons (Fsp3) is 0.0952. The molecule has 2 aromatic heterocycles. The normalized spacial score (nSPS) is 10.6. The summed E-state index contributed by atoms with van der Waals surface area (Å²) in [6.07, 6.45) is 3.38. The number of hydrogen-bond acceptors (Lipinski definition) is 5. The van der Waals surface area contributed by atoms with Crippen molar-refractivity contribution in [3.05, 3.63) is 90.1 Å². The molecule has 6 heteroatoms. The average Bonchev–Trinajstić information content (AvgIpc) is 3.39. The zero-order valence-electron chi connectivity index (χ0n) is 14.4. The van der Waals surface area contributed by atoms with Crippen LogP contribution in [0.2, 0.25) is 0 Å². The Kier molecular flexibility index (Phi) is 5.04. The average molecular weight is 372 g/mol. The van der Waals surface area contributed by atoms with E-state index in [0.29, 0.717) is 12.1 Å². The van der Waals surface area contributed by atoms with Crippen LogP contribution in [-0.4, -0.2) is 14.8 Å². The first-order valence-corrected chi connectivity index (χ1v) is 9.43. The van der Waals surface area contributed by atoms with Crippen LogP contribution in [0.3, 0.4) is 0 Å². The van der Waals surface area contributed by atoms with Crippen molar-refractivity contribution < 1.29 is 4.42 Å². The SMILES string of the molecule is N#Cc1ccccc1-c1ccc(CSc2nncn2Cc2ccco2)cc1. The lowest BCUT2D eigenvalue weighted by Crippen LogP contribution is -1.99. The lowest BCUT2D eigenvalue weighted by atomic mass is 10.00. The van der Waals surface area contributed by atoms with Gasteiger partial charge >= 0.3 is 0 Å². The van der Waals surface area contributed by atoms with Crippen molar-refractivity contribution in [2.75, 3.05) is 0 Å². The zero-order chi connectivity index (χ0) is 18.5. The van der Waals surface area contributed by atoms with Gasteiger partial charge in [0, 0.05) is 5.75 Å². The molecular weight excluding hydrogens is 356 g/mol. The number of nitriles is 1. The Morgan fingerprint density at radius 3 is 2.67 bits per heavy atom. The van der Waals surface area contributed by atoms with Crippen molar-refractivity contribution in [2.45, 2.75) is 17.5 Å². The summed E-state index contributed by atoms with van der Waals surface area (Å²) >= 11 is 1.63. The maximum Gasteiger partial charge on any atom is 0.191 e. The van der Waals surface area contributed by atoms with Crippen LogP contribution in [0.15, 0.2) is 82.8 Å². The smallest absolute Gasteiger partial charge is 0.191 e. The summed E-state index contributed by atoms with van der Waals surface area (Å²) in [4.78, 5) is 0. The summed E-state index contributed by atoms with van der Waals surface area (Å²) in [5, 5.41) is 18.3. The molecule has 0 aliphatic heterocycles. The first-order valence-electron chi connectivity index (χ1n) is 8.45. The molecular formula is C21H16N4OS. The second-order valence-corrected chi connectivity index (χ2v) is 6.91. The highest BCUT2D eigenvalue weighted by molar-refractivity contribution is 7.98. The molecule has 5 nitrogen and oxygen atoms in total. The molecule has 0 spiro atoms. The topological polar surface area (TPSA) is 67.6 Å². The third kappa shape index (κ3) is 3.94. The highest BCUT2D eigenvalue weighted by atomic mass is 32.2. The van der Waals surface area contributed by atoms with Crippen molar-refractivity contribution in [3.63, 3.8) is 0 Å². The van der Waals surface area contributed by atoms with Gasteiger partial charge in [0.15, 0.2) is 5.16 Å². The summed E-state index contributed by atoms with van der Waals surface area (Å²) in [5.74, 6) is 1.66. The molecule has 0 bridgehead atoms. The number of aromatic nitrogens is 3. The molecule has 0 saturated heterocycles. The quantitative estimate of drug-likeness (QED) is 0.457. The van der Waals surface area contributed by atoms with Gasteiger partial charge in [0.1, 0.15) is 12.1 Å². The van der Waals surface area contributed by atoms with Crippen molar-refractivity contribution in [1.82, 2.24) is 14.8 Å². The molecule has 2 heterocycles. The van der Waals surface area contributed by atoms with Gasteiger partial charge in [0.2, 0.25) is 0 Å². The van der Waals surface area contributed by atoms with Gasteiger partial charge < -0.3 is 8.98 Å². The number of benzene rings is 2. The maximum absolute atomic E-state index is 9.27. The van der Waals surface area contributed by atoms with Gasteiger partial charge in [-0.15, -0.1) is 10.2 Å². The molecule has 4 aromatic rings. The molecule has 0 radical (unpaired) electrons. The second-order valence-electron chi connectivity index (χ2n) is 5.96. The minimum atomic E-state index is 0.617. The van der Waals surface area contributed by atoms with Crippen LogP contribution in [0.4, 0.5) is 0 Å². The van der Waals surface area contributed by atoms with E-state index >= 15 is 0 Å². The number of hydrogen-bond donors (Lipinski definition) is 0. The van der Waals surface area contributed by atoms with E-state index in [1.165, 1.54) is 5.56 Å². The Morgan fingerprint density at radius 2 is 1.89 bits per heavy atom. The van der Waals surface area contributed by atoms with Gasteiger partial charge in [-0.2, -0.15) is 5.26 Å². The molecule has 2 aromatic carbocycles. The Bertz CT molecular complexity index is 1060. The van der Waals surface area contributed by atoms with Crippen LogP contribution >= 0.6 is 11.8 Å². The maximum atomic E-state index is 9.27. The summed E-state index contributed by atoms with van der Waals surface area (Å²) < 4.78 is 7.36. The molecule has 132 valence electrons. The minimum absolute atomic E-state index is 0.617. The van der Waals surface area contributed by atoms with E-state index in [-0.39, 0.29) is 0 Å². The molecule has 0 atom stereocenters.